The second kappa shape index (κ2) is 5.82. The zero-order valence-electron chi connectivity index (χ0n) is 10.1. The van der Waals surface area contributed by atoms with Gasteiger partial charge in [0.2, 0.25) is 5.91 Å². The van der Waals surface area contributed by atoms with Crippen molar-refractivity contribution in [1.29, 1.82) is 0 Å². The maximum atomic E-state index is 12.7. The van der Waals surface area contributed by atoms with Crippen LogP contribution in [0.1, 0.15) is 5.56 Å². The molecule has 0 aromatic heterocycles. The largest absolute Gasteiger partial charge is 0.399 e. The molecule has 0 aliphatic rings. The van der Waals surface area contributed by atoms with Gasteiger partial charge in [-0.15, -0.1) is 0 Å². The zero-order valence-corrected chi connectivity index (χ0v) is 10.1. The van der Waals surface area contributed by atoms with Crippen molar-refractivity contribution in [2.24, 2.45) is 0 Å². The monoisotopic (exact) mass is 256 g/mol. The third-order valence-electron chi connectivity index (χ3n) is 2.45. The molecule has 2 aromatic rings. The SMILES string of the molecule is Nc1cccc(NC(=O)/C=C/c2ccc(F)cc2)c1. The van der Waals surface area contributed by atoms with Crippen LogP contribution >= 0.6 is 0 Å². The van der Waals surface area contributed by atoms with E-state index in [0.29, 0.717) is 11.4 Å². The standard InChI is InChI=1S/C15H13FN2O/c16-12-7-4-11(5-8-12)6-9-15(19)18-14-3-1-2-13(17)10-14/h1-10H,17H2,(H,18,19)/b9-6+. The first-order valence-electron chi connectivity index (χ1n) is 5.74. The average molecular weight is 256 g/mol. The molecule has 0 bridgehead atoms. The van der Waals surface area contributed by atoms with Crippen LogP contribution in [-0.2, 0) is 4.79 Å². The number of carbonyl (C=O) groups excluding carboxylic acids is 1. The molecule has 2 rings (SSSR count). The van der Waals surface area contributed by atoms with Crippen molar-refractivity contribution in [1.82, 2.24) is 0 Å². The highest BCUT2D eigenvalue weighted by Crippen LogP contribution is 2.12. The maximum absolute atomic E-state index is 12.7. The van der Waals surface area contributed by atoms with Crippen molar-refractivity contribution >= 4 is 23.4 Å². The number of hydrogen-bond donors (Lipinski definition) is 2. The minimum atomic E-state index is -0.304. The second-order valence-electron chi connectivity index (χ2n) is 4.00. The van der Waals surface area contributed by atoms with Gasteiger partial charge in [-0.25, -0.2) is 4.39 Å². The van der Waals surface area contributed by atoms with Gasteiger partial charge in [0.1, 0.15) is 5.82 Å². The molecule has 0 aliphatic heterocycles. The van der Waals surface area contributed by atoms with Crippen molar-refractivity contribution in [2.45, 2.75) is 0 Å². The van der Waals surface area contributed by atoms with Crippen LogP contribution in [0.2, 0.25) is 0 Å². The molecule has 0 heterocycles. The van der Waals surface area contributed by atoms with Gasteiger partial charge in [0.25, 0.3) is 0 Å². The molecule has 0 fully saturated rings. The number of benzene rings is 2. The van der Waals surface area contributed by atoms with Crippen molar-refractivity contribution in [2.75, 3.05) is 11.1 Å². The van der Waals surface area contributed by atoms with Crippen LogP contribution in [0.5, 0.6) is 0 Å². The Morgan fingerprint density at radius 1 is 1.16 bits per heavy atom. The Hall–Kier alpha value is -2.62. The van der Waals surface area contributed by atoms with E-state index in [1.807, 2.05) is 0 Å². The van der Waals surface area contributed by atoms with Crippen LogP contribution in [0, 0.1) is 5.82 Å². The van der Waals surface area contributed by atoms with E-state index in [1.54, 1.807) is 42.5 Å². The summed E-state index contributed by atoms with van der Waals surface area (Å²) in [5, 5.41) is 2.68. The number of carbonyl (C=O) groups is 1. The van der Waals surface area contributed by atoms with Crippen LogP contribution < -0.4 is 11.1 Å². The lowest BCUT2D eigenvalue weighted by Gasteiger charge is -2.02. The predicted molar refractivity (Wildman–Crippen MR) is 74.9 cm³/mol. The lowest BCUT2D eigenvalue weighted by molar-refractivity contribution is -0.111. The molecule has 1 amide bonds. The van der Waals surface area contributed by atoms with E-state index < -0.39 is 0 Å². The van der Waals surface area contributed by atoms with Gasteiger partial charge in [-0.05, 0) is 42.0 Å². The van der Waals surface area contributed by atoms with Gasteiger partial charge in [-0.3, -0.25) is 4.79 Å². The summed E-state index contributed by atoms with van der Waals surface area (Å²) >= 11 is 0. The summed E-state index contributed by atoms with van der Waals surface area (Å²) in [5.41, 5.74) is 7.58. The fraction of sp³-hybridized carbons (Fsp3) is 0. The van der Waals surface area contributed by atoms with Gasteiger partial charge in [0.05, 0.1) is 0 Å². The van der Waals surface area contributed by atoms with Gasteiger partial charge in [-0.2, -0.15) is 0 Å². The van der Waals surface area contributed by atoms with Gasteiger partial charge in [0.15, 0.2) is 0 Å². The summed E-state index contributed by atoms with van der Waals surface area (Å²) in [7, 11) is 0. The number of nitrogen functional groups attached to an aromatic ring is 1. The first kappa shape index (κ1) is 12.8. The molecule has 0 atom stereocenters. The van der Waals surface area contributed by atoms with Crippen molar-refractivity contribution in [3.8, 4) is 0 Å². The predicted octanol–water partition coefficient (Wildman–Crippen LogP) is 3.06. The summed E-state index contributed by atoms with van der Waals surface area (Å²) in [6.07, 6.45) is 3.00. The molecule has 3 N–H and O–H groups in total. The number of anilines is 2. The Balaban J connectivity index is 1.99. The lowest BCUT2D eigenvalue weighted by Crippen LogP contribution is -2.07. The van der Waals surface area contributed by atoms with Crippen LogP contribution in [0.15, 0.2) is 54.6 Å². The van der Waals surface area contributed by atoms with E-state index in [0.717, 1.165) is 5.56 Å². The summed E-state index contributed by atoms with van der Waals surface area (Å²) in [6.45, 7) is 0. The molecule has 0 spiro atoms. The van der Waals surface area contributed by atoms with Gasteiger partial charge in [0, 0.05) is 17.5 Å². The van der Waals surface area contributed by atoms with Crippen molar-refractivity contribution in [3.05, 3.63) is 66.0 Å². The molecule has 0 aliphatic carbocycles. The number of amides is 1. The van der Waals surface area contributed by atoms with E-state index in [-0.39, 0.29) is 11.7 Å². The number of halogens is 1. The molecule has 3 nitrogen and oxygen atoms in total. The number of nitrogens with two attached hydrogens (primary N) is 1. The molecule has 0 radical (unpaired) electrons. The fourth-order valence-corrected chi connectivity index (χ4v) is 1.55. The first-order chi connectivity index (χ1) is 9.13. The maximum Gasteiger partial charge on any atom is 0.248 e. The Morgan fingerprint density at radius 2 is 1.89 bits per heavy atom. The highest BCUT2D eigenvalue weighted by molar-refractivity contribution is 6.02. The zero-order chi connectivity index (χ0) is 13.7. The second-order valence-corrected chi connectivity index (χ2v) is 4.00. The Labute approximate surface area is 110 Å². The highest BCUT2D eigenvalue weighted by Gasteiger charge is 1.98. The van der Waals surface area contributed by atoms with Crippen molar-refractivity contribution < 1.29 is 9.18 Å². The summed E-state index contributed by atoms with van der Waals surface area (Å²) in [4.78, 5) is 11.7. The van der Waals surface area contributed by atoms with Crippen molar-refractivity contribution in [3.63, 3.8) is 0 Å². The smallest absolute Gasteiger partial charge is 0.248 e. The quantitative estimate of drug-likeness (QED) is 0.655. The fourth-order valence-electron chi connectivity index (χ4n) is 1.55. The third kappa shape index (κ3) is 3.96. The molecule has 4 heteroatoms. The van der Waals surface area contributed by atoms with Crippen LogP contribution in [0.4, 0.5) is 15.8 Å². The normalized spacial score (nSPS) is 10.6. The molecule has 0 saturated heterocycles. The number of nitrogens with one attached hydrogen (secondary N) is 1. The third-order valence-corrected chi connectivity index (χ3v) is 2.45. The Bertz CT molecular complexity index is 606. The summed E-state index contributed by atoms with van der Waals surface area (Å²) < 4.78 is 12.7. The van der Waals surface area contributed by atoms with Crippen LogP contribution in [0.3, 0.4) is 0 Å². The van der Waals surface area contributed by atoms with E-state index >= 15 is 0 Å². The molecule has 96 valence electrons. The van der Waals surface area contributed by atoms with E-state index in [2.05, 4.69) is 5.32 Å². The molecule has 0 unspecified atom stereocenters. The number of rotatable bonds is 3. The minimum Gasteiger partial charge on any atom is -0.399 e. The van der Waals surface area contributed by atoms with Gasteiger partial charge >= 0.3 is 0 Å². The van der Waals surface area contributed by atoms with E-state index in [9.17, 15) is 9.18 Å². The van der Waals surface area contributed by atoms with Crippen LogP contribution in [0.25, 0.3) is 6.08 Å². The first-order valence-corrected chi connectivity index (χ1v) is 5.74. The molecular formula is C15H13FN2O. The topological polar surface area (TPSA) is 55.1 Å². The summed E-state index contributed by atoms with van der Waals surface area (Å²) in [6, 6.07) is 12.8. The van der Waals surface area contributed by atoms with E-state index in [1.165, 1.54) is 18.2 Å². The molecule has 19 heavy (non-hydrogen) atoms. The van der Waals surface area contributed by atoms with Gasteiger partial charge in [-0.1, -0.05) is 18.2 Å². The Kier molecular flexibility index (Phi) is 3.93. The lowest BCUT2D eigenvalue weighted by atomic mass is 10.2. The average Bonchev–Trinajstić information content (AvgIpc) is 2.38. The van der Waals surface area contributed by atoms with Gasteiger partial charge < -0.3 is 11.1 Å². The molecule has 0 saturated carbocycles. The molecule has 2 aromatic carbocycles. The molecular weight excluding hydrogens is 243 g/mol. The minimum absolute atomic E-state index is 0.269. The Morgan fingerprint density at radius 3 is 2.58 bits per heavy atom. The number of hydrogen-bond acceptors (Lipinski definition) is 2. The highest BCUT2D eigenvalue weighted by atomic mass is 19.1. The van der Waals surface area contributed by atoms with E-state index in [4.69, 9.17) is 5.73 Å². The van der Waals surface area contributed by atoms with Crippen LogP contribution in [-0.4, -0.2) is 5.91 Å². The summed E-state index contributed by atoms with van der Waals surface area (Å²) in [5.74, 6) is -0.573.